The molecule has 0 bridgehead atoms. The fourth-order valence-corrected chi connectivity index (χ4v) is 1.55. The fourth-order valence-electron chi connectivity index (χ4n) is 1.55. The van der Waals surface area contributed by atoms with Crippen LogP contribution in [0.3, 0.4) is 0 Å². The highest BCUT2D eigenvalue weighted by atomic mass is 16.6. The van der Waals surface area contributed by atoms with E-state index in [-0.39, 0.29) is 19.3 Å². The Labute approximate surface area is 136 Å². The largest absolute Gasteiger partial charge is 0.450 e. The highest BCUT2D eigenvalue weighted by molar-refractivity contribution is 5.68. The van der Waals surface area contributed by atoms with Gasteiger partial charge in [-0.15, -0.1) is 0 Å². The van der Waals surface area contributed by atoms with E-state index >= 15 is 0 Å². The molecule has 9 heteroatoms. The van der Waals surface area contributed by atoms with Crippen LogP contribution in [0.5, 0.6) is 0 Å². The van der Waals surface area contributed by atoms with Crippen LogP contribution in [0.25, 0.3) is 0 Å². The van der Waals surface area contributed by atoms with Crippen molar-refractivity contribution in [3.63, 3.8) is 0 Å². The van der Waals surface area contributed by atoms with Crippen molar-refractivity contribution in [3.8, 4) is 0 Å². The van der Waals surface area contributed by atoms with Crippen molar-refractivity contribution in [1.82, 2.24) is 16.0 Å². The first kappa shape index (κ1) is 20.8. The van der Waals surface area contributed by atoms with Crippen LogP contribution in [0.15, 0.2) is 0 Å². The average Bonchev–Trinajstić information content (AvgIpc) is 2.50. The molecule has 0 aliphatic rings. The van der Waals surface area contributed by atoms with Crippen molar-refractivity contribution < 1.29 is 28.6 Å². The van der Waals surface area contributed by atoms with Crippen molar-refractivity contribution >= 4 is 18.3 Å². The second kappa shape index (κ2) is 12.4. The topological polar surface area (TPSA) is 115 Å². The van der Waals surface area contributed by atoms with Crippen molar-refractivity contribution in [2.75, 3.05) is 27.3 Å². The monoisotopic (exact) mass is 333 g/mol. The van der Waals surface area contributed by atoms with Gasteiger partial charge in [-0.05, 0) is 33.1 Å². The highest BCUT2D eigenvalue weighted by Crippen LogP contribution is 2.07. The molecule has 1 atom stereocenters. The normalized spacial score (nSPS) is 11.3. The minimum absolute atomic E-state index is 0.0402. The molecule has 0 aromatic carbocycles. The summed E-state index contributed by atoms with van der Waals surface area (Å²) >= 11 is 0. The molecular formula is C14H27N3O6. The molecule has 0 aromatic heterocycles. The number of carbonyl (C=O) groups excluding carboxylic acids is 3. The van der Waals surface area contributed by atoms with Gasteiger partial charge in [-0.2, -0.15) is 0 Å². The zero-order valence-corrected chi connectivity index (χ0v) is 14.1. The first-order chi connectivity index (χ1) is 10.9. The Morgan fingerprint density at radius 1 is 0.913 bits per heavy atom. The summed E-state index contributed by atoms with van der Waals surface area (Å²) in [5.41, 5.74) is 0. The summed E-state index contributed by atoms with van der Waals surface area (Å²) in [6.07, 6.45) is -0.465. The average molecular weight is 333 g/mol. The summed E-state index contributed by atoms with van der Waals surface area (Å²) in [5, 5.41) is 7.27. The number of alkyl carbamates (subject to hydrolysis) is 3. The number of amides is 3. The summed E-state index contributed by atoms with van der Waals surface area (Å²) in [4.78, 5) is 33.6. The van der Waals surface area contributed by atoms with Crippen LogP contribution in [0.2, 0.25) is 0 Å². The summed E-state index contributed by atoms with van der Waals surface area (Å²) < 4.78 is 15.0. The third-order valence-electron chi connectivity index (χ3n) is 2.64. The van der Waals surface area contributed by atoms with E-state index in [0.717, 1.165) is 0 Å². The van der Waals surface area contributed by atoms with Gasteiger partial charge in [-0.3, -0.25) is 0 Å². The molecule has 0 radical (unpaired) electrons. The summed E-state index contributed by atoms with van der Waals surface area (Å²) in [5.74, 6) is 0. The summed E-state index contributed by atoms with van der Waals surface area (Å²) in [6.45, 7) is 3.85. The Bertz CT molecular complexity index is 376. The van der Waals surface area contributed by atoms with Crippen LogP contribution in [0, 0.1) is 0 Å². The third-order valence-corrected chi connectivity index (χ3v) is 2.64. The van der Waals surface area contributed by atoms with Gasteiger partial charge in [0.05, 0.1) is 6.61 Å². The number of hydrogen-bond donors (Lipinski definition) is 3. The maximum Gasteiger partial charge on any atom is 0.407 e. The molecule has 3 N–H and O–H groups in total. The molecular weight excluding hydrogens is 306 g/mol. The van der Waals surface area contributed by atoms with Crippen LogP contribution in [0.4, 0.5) is 14.4 Å². The number of nitrogens with one attached hydrogen (secondary N) is 3. The fraction of sp³-hybridized carbons (Fsp3) is 0.786. The lowest BCUT2D eigenvalue weighted by molar-refractivity contribution is 0.0377. The van der Waals surface area contributed by atoms with Crippen LogP contribution >= 0.6 is 0 Å². The smallest absolute Gasteiger partial charge is 0.407 e. The van der Waals surface area contributed by atoms with E-state index in [1.54, 1.807) is 0 Å². The summed E-state index contributed by atoms with van der Waals surface area (Å²) in [6, 6.07) is -0.0519. The second-order valence-electron chi connectivity index (χ2n) is 5.06. The van der Waals surface area contributed by atoms with Gasteiger partial charge in [-0.1, -0.05) is 0 Å². The maximum atomic E-state index is 11.6. The standard InChI is InChI=1S/C14H27N3O6/c1-10(2)17-14(20)23-11(9-22-13(19)16-4)7-5-6-8-21-12(18)15-3/h10-11H,5-9H2,1-4H3,(H,15,18)(H,16,19)(H,17,20). The molecule has 0 saturated heterocycles. The van der Waals surface area contributed by atoms with Crippen molar-refractivity contribution in [3.05, 3.63) is 0 Å². The molecule has 1 unspecified atom stereocenters. The predicted octanol–water partition coefficient (Wildman–Crippen LogP) is 1.37. The van der Waals surface area contributed by atoms with E-state index in [1.165, 1.54) is 14.1 Å². The lowest BCUT2D eigenvalue weighted by Gasteiger charge is -2.19. The molecule has 23 heavy (non-hydrogen) atoms. The number of rotatable bonds is 9. The lowest BCUT2D eigenvalue weighted by Crippen LogP contribution is -2.36. The first-order valence-corrected chi connectivity index (χ1v) is 7.55. The molecule has 0 aliphatic carbocycles. The molecule has 134 valence electrons. The number of carbonyl (C=O) groups is 3. The maximum absolute atomic E-state index is 11.6. The molecule has 0 aliphatic heterocycles. The Kier molecular flexibility index (Phi) is 11.2. The minimum atomic E-state index is -0.592. The van der Waals surface area contributed by atoms with Crippen molar-refractivity contribution in [2.24, 2.45) is 0 Å². The zero-order chi connectivity index (χ0) is 17.7. The molecule has 3 amide bonds. The van der Waals surface area contributed by atoms with Crippen molar-refractivity contribution in [2.45, 2.75) is 45.3 Å². The molecule has 9 nitrogen and oxygen atoms in total. The van der Waals surface area contributed by atoms with Gasteiger partial charge in [0.1, 0.15) is 12.7 Å². The Balaban J connectivity index is 4.17. The number of hydrogen-bond acceptors (Lipinski definition) is 6. The molecule has 0 fully saturated rings. The molecule has 0 rings (SSSR count). The van der Waals surface area contributed by atoms with Crippen LogP contribution in [-0.4, -0.2) is 57.7 Å². The minimum Gasteiger partial charge on any atom is -0.450 e. The van der Waals surface area contributed by atoms with Gasteiger partial charge in [0.25, 0.3) is 0 Å². The van der Waals surface area contributed by atoms with E-state index < -0.39 is 24.4 Å². The quantitative estimate of drug-likeness (QED) is 0.434. The van der Waals surface area contributed by atoms with Gasteiger partial charge in [-0.25, -0.2) is 14.4 Å². The Morgan fingerprint density at radius 2 is 1.52 bits per heavy atom. The number of ether oxygens (including phenoxy) is 3. The summed E-state index contributed by atoms with van der Waals surface area (Å²) in [7, 11) is 2.93. The van der Waals surface area contributed by atoms with E-state index in [9.17, 15) is 14.4 Å². The van der Waals surface area contributed by atoms with E-state index in [1.807, 2.05) is 13.8 Å². The predicted molar refractivity (Wildman–Crippen MR) is 83.2 cm³/mol. The lowest BCUT2D eigenvalue weighted by atomic mass is 10.1. The van der Waals surface area contributed by atoms with Crippen molar-refractivity contribution in [1.29, 1.82) is 0 Å². The van der Waals surface area contributed by atoms with E-state index in [4.69, 9.17) is 14.2 Å². The molecule has 0 spiro atoms. The first-order valence-electron chi connectivity index (χ1n) is 7.55. The Morgan fingerprint density at radius 3 is 2.09 bits per heavy atom. The number of unbranched alkanes of at least 4 members (excludes halogenated alkanes) is 1. The molecule has 0 heterocycles. The van der Waals surface area contributed by atoms with E-state index in [0.29, 0.717) is 19.3 Å². The van der Waals surface area contributed by atoms with Gasteiger partial charge in [0, 0.05) is 20.1 Å². The van der Waals surface area contributed by atoms with Gasteiger partial charge in [0.15, 0.2) is 0 Å². The van der Waals surface area contributed by atoms with Crippen LogP contribution in [-0.2, 0) is 14.2 Å². The SMILES string of the molecule is CNC(=O)OCCCCC(COC(=O)NC)OC(=O)NC(C)C. The highest BCUT2D eigenvalue weighted by Gasteiger charge is 2.17. The molecule has 0 saturated carbocycles. The zero-order valence-electron chi connectivity index (χ0n) is 14.1. The van der Waals surface area contributed by atoms with Crippen LogP contribution < -0.4 is 16.0 Å². The van der Waals surface area contributed by atoms with Crippen LogP contribution in [0.1, 0.15) is 33.1 Å². The third kappa shape index (κ3) is 12.1. The Hall–Kier alpha value is -2.19. The van der Waals surface area contributed by atoms with Gasteiger partial charge in [0.2, 0.25) is 0 Å². The molecule has 0 aromatic rings. The van der Waals surface area contributed by atoms with Gasteiger partial charge >= 0.3 is 18.3 Å². The van der Waals surface area contributed by atoms with Gasteiger partial charge < -0.3 is 30.2 Å². The van der Waals surface area contributed by atoms with E-state index in [2.05, 4.69) is 16.0 Å². The second-order valence-corrected chi connectivity index (χ2v) is 5.06.